The van der Waals surface area contributed by atoms with Gasteiger partial charge >= 0.3 is 0 Å². The van der Waals surface area contributed by atoms with Gasteiger partial charge in [-0.1, -0.05) is 59.6 Å². The van der Waals surface area contributed by atoms with Gasteiger partial charge in [0.15, 0.2) is 12.1 Å². The Balaban J connectivity index is 1.93. The molecule has 4 aliphatic rings. The van der Waals surface area contributed by atoms with Gasteiger partial charge in [0.25, 0.3) is 0 Å². The van der Waals surface area contributed by atoms with Crippen LogP contribution < -0.4 is 5.32 Å². The van der Waals surface area contributed by atoms with Gasteiger partial charge in [-0.3, -0.25) is 14.4 Å². The van der Waals surface area contributed by atoms with Crippen molar-refractivity contribution in [3.05, 3.63) is 23.3 Å². The molecular formula is C31H44N2O3. The van der Waals surface area contributed by atoms with E-state index in [1.165, 1.54) is 0 Å². The normalized spacial score (nSPS) is 43.7. The van der Waals surface area contributed by atoms with Crippen molar-refractivity contribution in [2.75, 3.05) is 7.05 Å². The number of hydrogen-bond acceptors (Lipinski definition) is 4. The van der Waals surface area contributed by atoms with Crippen molar-refractivity contribution >= 4 is 18.0 Å². The van der Waals surface area contributed by atoms with E-state index in [-0.39, 0.29) is 51.3 Å². The van der Waals surface area contributed by atoms with E-state index >= 15 is 0 Å². The number of hydrogen-bond donors (Lipinski definition) is 1. The molecule has 0 aromatic carbocycles. The van der Waals surface area contributed by atoms with E-state index in [1.807, 2.05) is 12.2 Å². The highest BCUT2D eigenvalue weighted by Crippen LogP contribution is 2.73. The molecule has 0 aromatic heterocycles. The molecule has 0 bridgehead atoms. The van der Waals surface area contributed by atoms with Gasteiger partial charge in [0.2, 0.25) is 5.91 Å². The molecule has 4 rings (SSSR count). The smallest absolute Gasteiger partial charge is 0.226 e. The molecule has 1 amide bonds. The minimum atomic E-state index is -0.529. The molecule has 0 spiro atoms. The number of amides is 1. The number of nitrogens with zero attached hydrogens (tertiary/aromatic N) is 1. The lowest BCUT2D eigenvalue weighted by molar-refractivity contribution is -0.176. The number of allylic oxidation sites excluding steroid dienone is 4. The summed E-state index contributed by atoms with van der Waals surface area (Å²) in [5.41, 5.74) is -0.228. The molecule has 5 heteroatoms. The third-order valence-electron chi connectivity index (χ3n) is 11.7. The van der Waals surface area contributed by atoms with E-state index in [1.54, 1.807) is 7.05 Å². The quantitative estimate of drug-likeness (QED) is 0.298. The molecule has 3 saturated carbocycles. The summed E-state index contributed by atoms with van der Waals surface area (Å²) in [6.07, 6.45) is 11.6. The molecule has 3 fully saturated rings. The van der Waals surface area contributed by atoms with Gasteiger partial charge in [0.05, 0.1) is 11.0 Å². The predicted octanol–water partition coefficient (Wildman–Crippen LogP) is 5.95. The fraction of sp³-hybridized carbons (Fsp3) is 0.742. The van der Waals surface area contributed by atoms with Crippen LogP contribution in [0.5, 0.6) is 0 Å². The van der Waals surface area contributed by atoms with Gasteiger partial charge < -0.3 is 5.32 Å². The number of carbonyl (C=O) groups excluding carboxylic acids is 3. The number of nitriles is 1. The van der Waals surface area contributed by atoms with Crippen LogP contribution >= 0.6 is 0 Å². The topological polar surface area (TPSA) is 87.0 Å². The fourth-order valence-corrected chi connectivity index (χ4v) is 9.34. The Morgan fingerprint density at radius 1 is 1.14 bits per heavy atom. The van der Waals surface area contributed by atoms with E-state index in [9.17, 15) is 19.6 Å². The first-order chi connectivity index (χ1) is 16.8. The Hall–Kier alpha value is -2.22. The van der Waals surface area contributed by atoms with Crippen LogP contribution in [-0.2, 0) is 14.4 Å². The molecule has 0 heterocycles. The molecule has 1 N–H and O–H groups in total. The summed E-state index contributed by atoms with van der Waals surface area (Å²) in [7, 11) is 1.73. The number of rotatable bonds is 4. The summed E-state index contributed by atoms with van der Waals surface area (Å²) >= 11 is 0. The van der Waals surface area contributed by atoms with Crippen molar-refractivity contribution in [3.63, 3.8) is 0 Å². The van der Waals surface area contributed by atoms with Gasteiger partial charge in [0.1, 0.15) is 6.07 Å². The number of carbonyl (C=O) groups is 3. The van der Waals surface area contributed by atoms with Crippen molar-refractivity contribution in [2.24, 2.45) is 44.8 Å². The summed E-state index contributed by atoms with van der Waals surface area (Å²) in [4.78, 5) is 39.4. The van der Waals surface area contributed by atoms with Crippen molar-refractivity contribution in [1.29, 1.82) is 5.26 Å². The van der Waals surface area contributed by atoms with Gasteiger partial charge in [-0.05, 0) is 79.1 Å². The molecule has 4 aliphatic carbocycles. The molecule has 0 radical (unpaired) electrons. The Morgan fingerprint density at radius 2 is 1.81 bits per heavy atom. The van der Waals surface area contributed by atoms with Crippen molar-refractivity contribution in [3.8, 4) is 6.07 Å². The molecular weight excluding hydrogens is 448 g/mol. The van der Waals surface area contributed by atoms with Crippen molar-refractivity contribution < 1.29 is 14.4 Å². The number of aldehydes is 1. The maximum atomic E-state index is 14.3. The van der Waals surface area contributed by atoms with E-state index in [0.717, 1.165) is 56.9 Å². The lowest BCUT2D eigenvalue weighted by atomic mass is 9.35. The number of ketones is 1. The molecule has 196 valence electrons. The maximum Gasteiger partial charge on any atom is 0.226 e. The summed E-state index contributed by atoms with van der Waals surface area (Å²) in [6, 6.07) is 2.06. The van der Waals surface area contributed by atoms with Crippen LogP contribution in [0.15, 0.2) is 23.3 Å². The summed E-state index contributed by atoms with van der Waals surface area (Å²) in [5.74, 6) is 0.309. The zero-order chi connectivity index (χ0) is 26.7. The largest absolute Gasteiger partial charge is 0.359 e. The maximum absolute atomic E-state index is 14.3. The van der Waals surface area contributed by atoms with Crippen LogP contribution in [0.25, 0.3) is 0 Å². The molecule has 5 nitrogen and oxygen atoms in total. The molecule has 0 aliphatic heterocycles. The number of fused-ring (bicyclic) bond motifs is 5. The van der Waals surface area contributed by atoms with Gasteiger partial charge in [0, 0.05) is 18.4 Å². The van der Waals surface area contributed by atoms with Crippen LogP contribution in [0.2, 0.25) is 0 Å². The molecule has 0 saturated heterocycles. The lowest BCUT2D eigenvalue weighted by Gasteiger charge is -2.68. The van der Waals surface area contributed by atoms with E-state index < -0.39 is 10.8 Å². The van der Waals surface area contributed by atoms with Crippen LogP contribution in [-0.4, -0.2) is 25.0 Å². The second-order valence-electron chi connectivity index (χ2n) is 13.7. The number of nitrogens with one attached hydrogen (secondary N) is 1. The molecule has 7 unspecified atom stereocenters. The first-order valence-electron chi connectivity index (χ1n) is 13.9. The predicted molar refractivity (Wildman–Crippen MR) is 141 cm³/mol. The van der Waals surface area contributed by atoms with E-state index in [0.29, 0.717) is 6.29 Å². The Bertz CT molecular complexity index is 1080. The molecule has 36 heavy (non-hydrogen) atoms. The average molecular weight is 493 g/mol. The molecule has 0 aromatic rings. The van der Waals surface area contributed by atoms with Crippen molar-refractivity contribution in [2.45, 2.75) is 92.9 Å². The van der Waals surface area contributed by atoms with E-state index in [2.05, 4.69) is 52.9 Å². The zero-order valence-electron chi connectivity index (χ0n) is 23.3. The zero-order valence-corrected chi connectivity index (χ0v) is 23.3. The van der Waals surface area contributed by atoms with Crippen molar-refractivity contribution in [1.82, 2.24) is 5.32 Å². The SMILES string of the molecule is CCC1CCC2(C)C(=CC(=O)C3C4CC(C)(C)CCC4(C(=O)NC)CCC32C)C1(C)C=C(C#N)C=O. The monoisotopic (exact) mass is 492 g/mol. The summed E-state index contributed by atoms with van der Waals surface area (Å²) < 4.78 is 0. The first-order valence-corrected chi connectivity index (χ1v) is 13.9. The Kier molecular flexibility index (Phi) is 6.47. The summed E-state index contributed by atoms with van der Waals surface area (Å²) in [6.45, 7) is 13.5. The lowest BCUT2D eigenvalue weighted by Crippen LogP contribution is -2.65. The minimum absolute atomic E-state index is 0.0115. The third kappa shape index (κ3) is 3.50. The molecule has 7 atom stereocenters. The standard InChI is InChI=1S/C31H44N2O3/c1-8-21-9-10-29(5)24(28(21,4)16-20(18-32)19-34)15-23(35)25-22-17-27(2,3)11-13-31(22,26(36)33-7)14-12-30(25,29)6/h15-16,19,21-22,25H,8-14,17H2,1-7H3,(H,33,36). The van der Waals surface area contributed by atoms with Crippen LogP contribution in [0.1, 0.15) is 92.9 Å². The Morgan fingerprint density at radius 3 is 2.39 bits per heavy atom. The van der Waals surface area contributed by atoms with Gasteiger partial charge in [-0.15, -0.1) is 0 Å². The Labute approximate surface area is 217 Å². The minimum Gasteiger partial charge on any atom is -0.359 e. The van der Waals surface area contributed by atoms with Gasteiger partial charge in [-0.2, -0.15) is 5.26 Å². The highest BCUT2D eigenvalue weighted by Gasteiger charge is 2.69. The first kappa shape index (κ1) is 26.8. The third-order valence-corrected chi connectivity index (χ3v) is 11.7. The highest BCUT2D eigenvalue weighted by molar-refractivity contribution is 5.97. The summed E-state index contributed by atoms with van der Waals surface area (Å²) in [5, 5.41) is 12.6. The van der Waals surface area contributed by atoms with Crippen LogP contribution in [0.4, 0.5) is 0 Å². The fourth-order valence-electron chi connectivity index (χ4n) is 9.34. The second kappa shape index (κ2) is 8.67. The van der Waals surface area contributed by atoms with Crippen LogP contribution in [0.3, 0.4) is 0 Å². The van der Waals surface area contributed by atoms with E-state index in [4.69, 9.17) is 0 Å². The van der Waals surface area contributed by atoms with Gasteiger partial charge in [-0.25, -0.2) is 0 Å². The second-order valence-corrected chi connectivity index (χ2v) is 13.7. The highest BCUT2D eigenvalue weighted by atomic mass is 16.2. The average Bonchev–Trinajstić information content (AvgIpc) is 2.83. The van der Waals surface area contributed by atoms with Crippen LogP contribution in [0, 0.1) is 56.2 Å².